The largest absolute Gasteiger partial charge is 0.480 e. The first-order valence-corrected chi connectivity index (χ1v) is 8.51. The second-order valence-corrected chi connectivity index (χ2v) is 6.84. The molecule has 2 N–H and O–H groups in total. The van der Waals surface area contributed by atoms with Crippen LogP contribution in [0.15, 0.2) is 0 Å². The Hall–Kier alpha value is -0.650. The molecule has 2 aliphatic heterocycles. The van der Waals surface area contributed by atoms with Gasteiger partial charge in [0.15, 0.2) is 0 Å². The number of likely N-dealkylation sites (tertiary alicyclic amines) is 2. The fraction of sp³-hybridized carbons (Fsp3) is 0.938. The highest BCUT2D eigenvalue weighted by atomic mass is 16.4. The molecule has 5 heteroatoms. The summed E-state index contributed by atoms with van der Waals surface area (Å²) in [5, 5.41) is 12.5. The summed E-state index contributed by atoms with van der Waals surface area (Å²) in [5.74, 6) is -0.734. The van der Waals surface area contributed by atoms with Crippen LogP contribution in [0.2, 0.25) is 0 Å². The number of carboxylic acids is 1. The van der Waals surface area contributed by atoms with Crippen LogP contribution in [0.5, 0.6) is 0 Å². The minimum absolute atomic E-state index is 0.206. The third kappa shape index (κ3) is 5.24. The maximum atomic E-state index is 11.3. The van der Waals surface area contributed by atoms with Gasteiger partial charge >= 0.3 is 5.97 Å². The first-order chi connectivity index (χ1) is 10.1. The molecule has 0 aliphatic carbocycles. The Labute approximate surface area is 128 Å². The molecule has 1 atom stereocenters. The van der Waals surface area contributed by atoms with Crippen LogP contribution < -0.4 is 5.32 Å². The Morgan fingerprint density at radius 2 is 1.76 bits per heavy atom. The van der Waals surface area contributed by atoms with E-state index in [1.165, 1.54) is 45.2 Å². The Bertz CT molecular complexity index is 321. The number of piperidine rings is 2. The van der Waals surface area contributed by atoms with E-state index in [2.05, 4.69) is 15.1 Å². The lowest BCUT2D eigenvalue weighted by Crippen LogP contribution is -2.52. The van der Waals surface area contributed by atoms with E-state index in [0.29, 0.717) is 6.54 Å². The van der Waals surface area contributed by atoms with Crippen molar-refractivity contribution in [3.8, 4) is 0 Å². The standard InChI is InChI=1S/C16H31N3O2/c1-13(2)17-15(16(20)21)12-18-10-6-14(7-11-18)19-8-4-3-5-9-19/h13-15,17H,3-12H2,1-2H3,(H,20,21). The highest BCUT2D eigenvalue weighted by molar-refractivity contribution is 5.73. The van der Waals surface area contributed by atoms with Gasteiger partial charge in [-0.25, -0.2) is 0 Å². The SMILES string of the molecule is CC(C)NC(CN1CCC(N2CCCCC2)CC1)C(=O)O. The smallest absolute Gasteiger partial charge is 0.322 e. The Morgan fingerprint density at radius 1 is 1.14 bits per heavy atom. The summed E-state index contributed by atoms with van der Waals surface area (Å²) in [4.78, 5) is 16.3. The molecule has 5 nitrogen and oxygen atoms in total. The molecule has 0 bridgehead atoms. The highest BCUT2D eigenvalue weighted by Crippen LogP contribution is 2.20. The molecule has 2 fully saturated rings. The number of rotatable bonds is 6. The summed E-state index contributed by atoms with van der Waals surface area (Å²) >= 11 is 0. The van der Waals surface area contributed by atoms with Gasteiger partial charge in [0.1, 0.15) is 6.04 Å². The average molecular weight is 297 g/mol. The molecule has 2 saturated heterocycles. The minimum Gasteiger partial charge on any atom is -0.480 e. The van der Waals surface area contributed by atoms with E-state index in [1.54, 1.807) is 0 Å². The van der Waals surface area contributed by atoms with Gasteiger partial charge in [0.2, 0.25) is 0 Å². The molecule has 0 spiro atoms. The zero-order chi connectivity index (χ0) is 15.2. The van der Waals surface area contributed by atoms with E-state index in [1.807, 2.05) is 13.8 Å². The average Bonchev–Trinajstić information content (AvgIpc) is 2.48. The summed E-state index contributed by atoms with van der Waals surface area (Å²) in [6.07, 6.45) is 6.46. The van der Waals surface area contributed by atoms with E-state index >= 15 is 0 Å². The third-order valence-electron chi connectivity index (χ3n) is 4.74. The lowest BCUT2D eigenvalue weighted by molar-refractivity contribution is -0.140. The Kier molecular flexibility index (Phi) is 6.45. The van der Waals surface area contributed by atoms with Gasteiger partial charge < -0.3 is 20.2 Å². The van der Waals surface area contributed by atoms with Crippen molar-refractivity contribution in [3.63, 3.8) is 0 Å². The molecule has 0 amide bonds. The minimum atomic E-state index is -0.734. The van der Waals surface area contributed by atoms with Crippen LogP contribution >= 0.6 is 0 Å². The van der Waals surface area contributed by atoms with Crippen LogP contribution in [0.3, 0.4) is 0 Å². The molecule has 0 aromatic rings. The lowest BCUT2D eigenvalue weighted by atomic mass is 9.99. The molecule has 2 aliphatic rings. The highest BCUT2D eigenvalue weighted by Gasteiger charge is 2.28. The van der Waals surface area contributed by atoms with Crippen LogP contribution in [0.25, 0.3) is 0 Å². The number of hydrogen-bond acceptors (Lipinski definition) is 4. The van der Waals surface area contributed by atoms with Gasteiger partial charge in [-0.05, 0) is 51.9 Å². The second-order valence-electron chi connectivity index (χ2n) is 6.84. The van der Waals surface area contributed by atoms with Gasteiger partial charge in [-0.3, -0.25) is 4.79 Å². The van der Waals surface area contributed by atoms with Crippen LogP contribution in [-0.4, -0.2) is 71.7 Å². The second kappa shape index (κ2) is 8.11. The predicted molar refractivity (Wildman–Crippen MR) is 84.6 cm³/mol. The maximum Gasteiger partial charge on any atom is 0.322 e. The van der Waals surface area contributed by atoms with Gasteiger partial charge in [0, 0.05) is 18.6 Å². The number of hydrogen-bond donors (Lipinski definition) is 2. The molecule has 0 aromatic carbocycles. The van der Waals surface area contributed by atoms with E-state index in [9.17, 15) is 9.90 Å². The van der Waals surface area contributed by atoms with Gasteiger partial charge in [0.05, 0.1) is 0 Å². The van der Waals surface area contributed by atoms with Crippen molar-refractivity contribution in [2.45, 2.75) is 64.1 Å². The van der Waals surface area contributed by atoms with Crippen molar-refractivity contribution in [2.24, 2.45) is 0 Å². The molecule has 122 valence electrons. The number of nitrogens with zero attached hydrogens (tertiary/aromatic N) is 2. The van der Waals surface area contributed by atoms with Crippen molar-refractivity contribution in [1.29, 1.82) is 0 Å². The quantitative estimate of drug-likeness (QED) is 0.776. The summed E-state index contributed by atoms with van der Waals surface area (Å²) < 4.78 is 0. The maximum absolute atomic E-state index is 11.3. The molecule has 0 radical (unpaired) electrons. The predicted octanol–water partition coefficient (Wildman–Crippen LogP) is 1.39. The number of aliphatic carboxylic acids is 1. The van der Waals surface area contributed by atoms with Crippen LogP contribution in [-0.2, 0) is 4.79 Å². The Balaban J connectivity index is 1.75. The van der Waals surface area contributed by atoms with E-state index in [-0.39, 0.29) is 6.04 Å². The molecule has 0 saturated carbocycles. The van der Waals surface area contributed by atoms with Crippen LogP contribution in [0, 0.1) is 0 Å². The van der Waals surface area contributed by atoms with Gasteiger partial charge in [-0.15, -0.1) is 0 Å². The number of nitrogens with one attached hydrogen (secondary N) is 1. The van der Waals surface area contributed by atoms with Gasteiger partial charge in [0.25, 0.3) is 0 Å². The summed E-state index contributed by atoms with van der Waals surface area (Å²) in [6.45, 7) is 9.21. The molecule has 2 rings (SSSR count). The third-order valence-corrected chi connectivity index (χ3v) is 4.74. The summed E-state index contributed by atoms with van der Waals surface area (Å²) in [6, 6.07) is 0.483. The van der Waals surface area contributed by atoms with Gasteiger partial charge in [-0.2, -0.15) is 0 Å². The fourth-order valence-electron chi connectivity index (χ4n) is 3.61. The molecular formula is C16H31N3O2. The van der Waals surface area contributed by atoms with Crippen molar-refractivity contribution >= 4 is 5.97 Å². The van der Waals surface area contributed by atoms with E-state index in [4.69, 9.17) is 0 Å². The number of carboxylic acid groups (broad SMARTS) is 1. The fourth-order valence-corrected chi connectivity index (χ4v) is 3.61. The Morgan fingerprint density at radius 3 is 2.29 bits per heavy atom. The summed E-state index contributed by atoms with van der Waals surface area (Å²) in [7, 11) is 0. The van der Waals surface area contributed by atoms with E-state index in [0.717, 1.165) is 19.1 Å². The van der Waals surface area contributed by atoms with Crippen molar-refractivity contribution < 1.29 is 9.90 Å². The molecule has 21 heavy (non-hydrogen) atoms. The van der Waals surface area contributed by atoms with Crippen molar-refractivity contribution in [3.05, 3.63) is 0 Å². The van der Waals surface area contributed by atoms with Crippen molar-refractivity contribution in [2.75, 3.05) is 32.7 Å². The van der Waals surface area contributed by atoms with E-state index < -0.39 is 12.0 Å². The lowest BCUT2D eigenvalue weighted by Gasteiger charge is -2.40. The van der Waals surface area contributed by atoms with Crippen molar-refractivity contribution in [1.82, 2.24) is 15.1 Å². The molecular weight excluding hydrogens is 266 g/mol. The zero-order valence-electron chi connectivity index (χ0n) is 13.6. The normalized spacial score (nSPS) is 24.3. The molecule has 0 aromatic heterocycles. The monoisotopic (exact) mass is 297 g/mol. The van der Waals surface area contributed by atoms with Gasteiger partial charge in [-0.1, -0.05) is 20.3 Å². The first-order valence-electron chi connectivity index (χ1n) is 8.51. The molecule has 1 unspecified atom stereocenters. The number of carbonyl (C=O) groups is 1. The zero-order valence-corrected chi connectivity index (χ0v) is 13.6. The first kappa shape index (κ1) is 16.7. The van der Waals surface area contributed by atoms with Crippen LogP contribution in [0.1, 0.15) is 46.0 Å². The summed E-state index contributed by atoms with van der Waals surface area (Å²) in [5.41, 5.74) is 0. The van der Waals surface area contributed by atoms with Crippen LogP contribution in [0.4, 0.5) is 0 Å². The topological polar surface area (TPSA) is 55.8 Å². The molecule has 2 heterocycles.